The van der Waals surface area contributed by atoms with Gasteiger partial charge in [-0.15, -0.1) is 0 Å². The molecule has 31 heavy (non-hydrogen) atoms. The van der Waals surface area contributed by atoms with Crippen LogP contribution in [0.15, 0.2) is 35.2 Å². The van der Waals surface area contributed by atoms with Crippen LogP contribution in [-0.2, 0) is 48.0 Å². The molecule has 7 heteroatoms. The summed E-state index contributed by atoms with van der Waals surface area (Å²) in [5.74, 6) is 0. The molecule has 3 aliphatic rings. The van der Waals surface area contributed by atoms with Gasteiger partial charge >= 0.3 is 0 Å². The van der Waals surface area contributed by atoms with Crippen molar-refractivity contribution in [1.29, 1.82) is 0 Å². The van der Waals surface area contributed by atoms with Crippen molar-refractivity contribution in [3.05, 3.63) is 58.1 Å². The second-order valence-electron chi connectivity index (χ2n) is 8.19. The van der Waals surface area contributed by atoms with Crippen LogP contribution in [-0.4, -0.2) is 35.7 Å². The van der Waals surface area contributed by atoms with Crippen molar-refractivity contribution in [3.63, 3.8) is 0 Å². The first kappa shape index (κ1) is 23.4. The van der Waals surface area contributed by atoms with Gasteiger partial charge in [0.05, 0.1) is 4.90 Å². The Hall–Kier alpha value is -2.22. The number of nitrogens with one attached hydrogen (secondary N) is 1. The Morgan fingerprint density at radius 3 is 1.97 bits per heavy atom. The van der Waals surface area contributed by atoms with E-state index in [1.807, 2.05) is 24.3 Å². The summed E-state index contributed by atoms with van der Waals surface area (Å²) in [7, 11) is 0.725. The third-order valence-corrected chi connectivity index (χ3v) is 6.97. The van der Waals surface area contributed by atoms with E-state index in [0.717, 1.165) is 6.54 Å². The predicted molar refractivity (Wildman–Crippen MR) is 127 cm³/mol. The lowest BCUT2D eigenvalue weighted by molar-refractivity contribution is -0.106. The Balaban J connectivity index is 0.000000156. The lowest BCUT2D eigenvalue weighted by Crippen LogP contribution is -2.36. The molecule has 1 fully saturated rings. The third kappa shape index (κ3) is 5.93. The minimum atomic E-state index is -1.35. The Labute approximate surface area is 188 Å². The molecule has 0 bridgehead atoms. The minimum absolute atomic E-state index is 0.250. The van der Waals surface area contributed by atoms with E-state index in [9.17, 15) is 4.21 Å². The molecule has 1 amide bonds. The zero-order chi connectivity index (χ0) is 22.2. The van der Waals surface area contributed by atoms with Crippen LogP contribution >= 0.6 is 0 Å². The Kier molecular flexibility index (Phi) is 8.63. The van der Waals surface area contributed by atoms with Crippen molar-refractivity contribution < 1.29 is 9.00 Å². The number of carbonyl (C=O) groups excluding carboxylic acids is 1. The number of fused-ring (bicyclic) bond motifs is 2. The van der Waals surface area contributed by atoms with Crippen LogP contribution in [0.2, 0.25) is 0 Å². The molecule has 0 aromatic heterocycles. The molecule has 1 unspecified atom stereocenters. The van der Waals surface area contributed by atoms with Gasteiger partial charge in [-0.05, 0) is 98.0 Å². The molecule has 6 nitrogen and oxygen atoms in total. The molecule has 1 heterocycles. The number of amides is 1. The van der Waals surface area contributed by atoms with Gasteiger partial charge in [0.2, 0.25) is 6.41 Å². The smallest absolute Gasteiger partial charge is 0.204 e. The lowest BCUT2D eigenvalue weighted by atomic mass is 9.99. The van der Waals surface area contributed by atoms with Gasteiger partial charge in [0.15, 0.2) is 0 Å². The number of likely N-dealkylation sites (tertiary alicyclic amines) is 1. The molecular formula is C24H34N4O2S. The van der Waals surface area contributed by atoms with E-state index in [0.29, 0.717) is 4.90 Å². The van der Waals surface area contributed by atoms with Crippen LogP contribution < -0.4 is 16.2 Å². The highest BCUT2D eigenvalue weighted by Gasteiger charge is 2.22. The van der Waals surface area contributed by atoms with E-state index >= 15 is 0 Å². The first-order chi connectivity index (χ1) is 15.1. The average molecular weight is 443 g/mol. The van der Waals surface area contributed by atoms with E-state index in [4.69, 9.17) is 9.93 Å². The van der Waals surface area contributed by atoms with Gasteiger partial charge in [0.25, 0.3) is 0 Å². The molecule has 2 aliphatic carbocycles. The summed E-state index contributed by atoms with van der Waals surface area (Å²) in [5.41, 5.74) is 13.4. The van der Waals surface area contributed by atoms with E-state index in [-0.39, 0.29) is 6.41 Å². The molecule has 1 saturated heterocycles. The molecule has 0 spiro atoms. The lowest BCUT2D eigenvalue weighted by Gasteiger charge is -2.30. The quantitative estimate of drug-likeness (QED) is 0.634. The van der Waals surface area contributed by atoms with E-state index < -0.39 is 11.0 Å². The van der Waals surface area contributed by atoms with Gasteiger partial charge in [-0.2, -0.15) is 0 Å². The number of primary amides is 1. The fourth-order valence-electron chi connectivity index (χ4n) is 4.65. The number of carbonyl (C=O) groups is 1. The monoisotopic (exact) mass is 442 g/mol. The predicted octanol–water partition coefficient (Wildman–Crippen LogP) is 2.68. The van der Waals surface area contributed by atoms with Crippen LogP contribution in [0.4, 0.5) is 5.69 Å². The van der Waals surface area contributed by atoms with Crippen LogP contribution in [0.1, 0.15) is 47.1 Å². The number of hydrogen-bond donors (Lipinski definition) is 3. The van der Waals surface area contributed by atoms with Crippen molar-refractivity contribution in [2.24, 2.45) is 10.9 Å². The topological polar surface area (TPSA) is 101 Å². The molecule has 2 aromatic rings. The summed E-state index contributed by atoms with van der Waals surface area (Å²) in [6.45, 7) is 3.40. The number of benzene rings is 2. The number of nitrogens with two attached hydrogens (primary N) is 2. The van der Waals surface area contributed by atoms with E-state index in [2.05, 4.69) is 29.1 Å². The largest absolute Gasteiger partial charge is 0.388 e. The van der Waals surface area contributed by atoms with Gasteiger partial charge in [0.1, 0.15) is 11.0 Å². The zero-order valence-electron chi connectivity index (χ0n) is 18.4. The highest BCUT2D eigenvalue weighted by Crippen LogP contribution is 2.38. The highest BCUT2D eigenvalue weighted by atomic mass is 32.2. The minimum Gasteiger partial charge on any atom is -0.388 e. The summed E-state index contributed by atoms with van der Waals surface area (Å²) in [5, 5.41) is 8.69. The van der Waals surface area contributed by atoms with E-state index in [1.54, 1.807) is 22.3 Å². The average Bonchev–Trinajstić information content (AvgIpc) is 3.39. The van der Waals surface area contributed by atoms with Gasteiger partial charge < -0.3 is 11.1 Å². The fraction of sp³-hybridized carbons (Fsp3) is 0.458. The molecule has 5 N–H and O–H groups in total. The summed E-state index contributed by atoms with van der Waals surface area (Å²) in [6.07, 6.45) is 9.46. The number of nitrogens with zero attached hydrogens (tertiary/aromatic N) is 1. The maximum Gasteiger partial charge on any atom is 0.204 e. The Morgan fingerprint density at radius 2 is 1.55 bits per heavy atom. The summed E-state index contributed by atoms with van der Waals surface area (Å²) in [6, 6.07) is 10.2. The number of aryl methyl sites for hydroxylation is 2. The molecule has 5 rings (SSSR count). The zero-order valence-corrected chi connectivity index (χ0v) is 19.2. The highest BCUT2D eigenvalue weighted by molar-refractivity contribution is 7.82. The summed E-state index contributed by atoms with van der Waals surface area (Å²) < 4.78 is 10.9. The van der Waals surface area contributed by atoms with Crippen molar-refractivity contribution in [1.82, 2.24) is 4.90 Å². The standard InChI is InChI=1S/C13H17N.C10H14N2OS.CH3NO/c1-14-13-11-6-2-4-9(11)8-10-5-3-7-12(10)13;11-14(13)10-4-2-9(3-5-10)8-12-6-1-7-12;2-1-3/h8,14H,2-7H2,1H3;2-5H,1,6-8,11H2;1H,(H2,2,3). The second kappa shape index (κ2) is 11.4. The van der Waals surface area contributed by atoms with Gasteiger partial charge in [-0.25, -0.2) is 9.35 Å². The van der Waals surface area contributed by atoms with Crippen LogP contribution in [0.5, 0.6) is 0 Å². The second-order valence-corrected chi connectivity index (χ2v) is 9.26. The van der Waals surface area contributed by atoms with Gasteiger partial charge in [-0.3, -0.25) is 9.69 Å². The first-order valence-corrected chi connectivity index (χ1v) is 12.3. The fourth-order valence-corrected chi connectivity index (χ4v) is 5.05. The van der Waals surface area contributed by atoms with Crippen molar-refractivity contribution in [3.8, 4) is 0 Å². The van der Waals surface area contributed by atoms with Crippen molar-refractivity contribution in [2.75, 3.05) is 25.5 Å². The van der Waals surface area contributed by atoms with Crippen LogP contribution in [0.25, 0.3) is 0 Å². The molecular weight excluding hydrogens is 408 g/mol. The number of anilines is 1. The molecule has 168 valence electrons. The molecule has 2 aromatic carbocycles. The first-order valence-electron chi connectivity index (χ1n) is 11.0. The number of hydrogen-bond acceptors (Lipinski definition) is 4. The maximum absolute atomic E-state index is 10.9. The van der Waals surface area contributed by atoms with Crippen LogP contribution in [0, 0.1) is 0 Å². The summed E-state index contributed by atoms with van der Waals surface area (Å²) >= 11 is 0. The van der Waals surface area contributed by atoms with Crippen molar-refractivity contribution in [2.45, 2.75) is 56.4 Å². The summed E-state index contributed by atoms with van der Waals surface area (Å²) in [4.78, 5) is 11.7. The Morgan fingerprint density at radius 1 is 1.00 bits per heavy atom. The van der Waals surface area contributed by atoms with E-state index in [1.165, 1.54) is 69.3 Å². The maximum atomic E-state index is 10.9. The molecule has 0 radical (unpaired) electrons. The van der Waals surface area contributed by atoms with Crippen molar-refractivity contribution >= 4 is 23.1 Å². The third-order valence-electron chi connectivity index (χ3n) is 6.23. The van der Waals surface area contributed by atoms with Crippen LogP contribution in [0.3, 0.4) is 0 Å². The molecule has 0 saturated carbocycles. The SMILES string of the molecule is CNc1c2c(cc3c1CCC3)CCC2.NC=O.NS(=O)c1ccc(CN2CCC2)cc1. The molecule has 1 atom stereocenters. The normalized spacial score (nSPS) is 17.1. The Bertz CT molecular complexity index is 879. The number of rotatable bonds is 4. The van der Waals surface area contributed by atoms with Gasteiger partial charge in [-0.1, -0.05) is 18.2 Å². The van der Waals surface area contributed by atoms with Gasteiger partial charge in [0, 0.05) is 19.3 Å². The molecule has 1 aliphatic heterocycles.